The third-order valence-corrected chi connectivity index (χ3v) is 3.54. The van der Waals surface area contributed by atoms with Gasteiger partial charge in [-0.25, -0.2) is 4.98 Å². The number of nitrogens with zero attached hydrogens (tertiary/aromatic N) is 2. The number of rotatable bonds is 6. The Morgan fingerprint density at radius 1 is 1.19 bits per heavy atom. The van der Waals surface area contributed by atoms with Crippen LogP contribution < -0.4 is 10.2 Å². The second-order valence-electron chi connectivity index (χ2n) is 4.71. The number of carbonyl (C=O) groups is 1. The Balaban J connectivity index is 1.74. The third-order valence-electron chi connectivity index (χ3n) is 3.10. The van der Waals surface area contributed by atoms with Crippen molar-refractivity contribution in [3.8, 4) is 0 Å². The van der Waals surface area contributed by atoms with Crippen molar-refractivity contribution in [2.24, 2.45) is 0 Å². The van der Waals surface area contributed by atoms with Gasteiger partial charge in [0.25, 0.3) is 5.91 Å². The van der Waals surface area contributed by atoms with Gasteiger partial charge in [0.2, 0.25) is 0 Å². The molecule has 0 radical (unpaired) electrons. The molecule has 0 aliphatic carbocycles. The summed E-state index contributed by atoms with van der Waals surface area (Å²) in [4.78, 5) is 18.2. The molecule has 0 unspecified atom stereocenters. The van der Waals surface area contributed by atoms with E-state index in [1.165, 1.54) is 5.69 Å². The molecule has 0 spiro atoms. The fraction of sp³-hybridized carbons (Fsp3) is 0.250. The lowest BCUT2D eigenvalue weighted by Crippen LogP contribution is -2.28. The van der Waals surface area contributed by atoms with Crippen LogP contribution in [0.5, 0.6) is 0 Å². The average Bonchev–Trinajstić information content (AvgIpc) is 2.52. The molecule has 2 rings (SSSR count). The van der Waals surface area contributed by atoms with Gasteiger partial charge in [-0.05, 0) is 46.6 Å². The number of aromatic nitrogens is 1. The number of nitrogens with one attached hydrogen (secondary N) is 1. The largest absolute Gasteiger partial charge is 0.375 e. The van der Waals surface area contributed by atoms with E-state index in [1.54, 1.807) is 18.2 Å². The van der Waals surface area contributed by atoms with Crippen LogP contribution in [0.4, 0.5) is 5.69 Å². The molecule has 0 saturated carbocycles. The maximum absolute atomic E-state index is 11.9. The lowest BCUT2D eigenvalue weighted by Gasteiger charge is -2.19. The Bertz CT molecular complexity index is 589. The molecule has 1 amide bonds. The molecule has 4 nitrogen and oxygen atoms in total. The number of benzene rings is 1. The van der Waals surface area contributed by atoms with Gasteiger partial charge in [0, 0.05) is 25.8 Å². The summed E-state index contributed by atoms with van der Waals surface area (Å²) in [5, 5.41) is 2.88. The predicted octanol–water partition coefficient (Wildman–Crippen LogP) is 3.10. The zero-order valence-corrected chi connectivity index (χ0v) is 13.5. The minimum Gasteiger partial charge on any atom is -0.375 e. The molecule has 1 N–H and O–H groups in total. The highest BCUT2D eigenvalue weighted by Gasteiger charge is 2.06. The minimum atomic E-state index is -0.140. The number of para-hydroxylation sites is 1. The van der Waals surface area contributed by atoms with E-state index in [-0.39, 0.29) is 5.91 Å². The van der Waals surface area contributed by atoms with Crippen molar-refractivity contribution in [3.63, 3.8) is 0 Å². The van der Waals surface area contributed by atoms with Crippen molar-refractivity contribution in [3.05, 3.63) is 58.8 Å². The van der Waals surface area contributed by atoms with Crippen LogP contribution in [0.3, 0.4) is 0 Å². The van der Waals surface area contributed by atoms with Gasteiger partial charge >= 0.3 is 0 Å². The van der Waals surface area contributed by atoms with Crippen molar-refractivity contribution in [2.75, 3.05) is 25.0 Å². The zero-order valence-electron chi connectivity index (χ0n) is 11.9. The van der Waals surface area contributed by atoms with Gasteiger partial charge in [-0.1, -0.05) is 24.3 Å². The maximum atomic E-state index is 11.9. The zero-order chi connectivity index (χ0) is 15.1. The summed E-state index contributed by atoms with van der Waals surface area (Å²) in [5.74, 6) is -0.140. The van der Waals surface area contributed by atoms with Crippen LogP contribution in [0.15, 0.2) is 53.1 Å². The molecule has 5 heteroatoms. The molecule has 1 heterocycles. The highest BCUT2D eigenvalue weighted by molar-refractivity contribution is 9.10. The van der Waals surface area contributed by atoms with Crippen molar-refractivity contribution in [1.29, 1.82) is 0 Å². The lowest BCUT2D eigenvalue weighted by molar-refractivity contribution is 0.0948. The highest BCUT2D eigenvalue weighted by atomic mass is 79.9. The molecule has 1 aromatic carbocycles. The molecule has 21 heavy (non-hydrogen) atoms. The van der Waals surface area contributed by atoms with Crippen LogP contribution in [0, 0.1) is 0 Å². The Morgan fingerprint density at radius 3 is 2.67 bits per heavy atom. The van der Waals surface area contributed by atoms with Crippen LogP contribution >= 0.6 is 15.9 Å². The van der Waals surface area contributed by atoms with Gasteiger partial charge in [-0.3, -0.25) is 4.79 Å². The van der Waals surface area contributed by atoms with Crippen LogP contribution in [-0.4, -0.2) is 31.0 Å². The van der Waals surface area contributed by atoms with Gasteiger partial charge < -0.3 is 10.2 Å². The number of anilines is 1. The summed E-state index contributed by atoms with van der Waals surface area (Å²) in [7, 11) is 2.05. The summed E-state index contributed by atoms with van der Waals surface area (Å²) in [6, 6.07) is 15.5. The van der Waals surface area contributed by atoms with Crippen LogP contribution in [0.1, 0.15) is 16.9 Å². The third kappa shape index (κ3) is 4.86. The number of hydrogen-bond acceptors (Lipinski definition) is 3. The molecule has 0 bridgehead atoms. The second kappa shape index (κ2) is 7.78. The smallest absolute Gasteiger partial charge is 0.269 e. The average molecular weight is 348 g/mol. The Hall–Kier alpha value is -1.88. The summed E-state index contributed by atoms with van der Waals surface area (Å²) in [6.07, 6.45) is 0.880. The quantitative estimate of drug-likeness (QED) is 0.645. The van der Waals surface area contributed by atoms with E-state index < -0.39 is 0 Å². The number of hydrogen-bond donors (Lipinski definition) is 1. The summed E-state index contributed by atoms with van der Waals surface area (Å²) >= 11 is 3.26. The second-order valence-corrected chi connectivity index (χ2v) is 5.52. The molecular weight excluding hydrogens is 330 g/mol. The van der Waals surface area contributed by atoms with Gasteiger partial charge in [0.05, 0.1) is 0 Å². The monoisotopic (exact) mass is 347 g/mol. The normalized spacial score (nSPS) is 10.2. The molecule has 110 valence electrons. The first-order valence-corrected chi connectivity index (χ1v) is 7.63. The SMILES string of the molecule is CN(CCCNC(=O)c1cccc(Br)n1)c1ccccc1. The minimum absolute atomic E-state index is 0.140. The molecule has 0 aliphatic rings. The van der Waals surface area contributed by atoms with Crippen molar-refractivity contribution < 1.29 is 4.79 Å². The van der Waals surface area contributed by atoms with Crippen molar-refractivity contribution in [2.45, 2.75) is 6.42 Å². The Kier molecular flexibility index (Phi) is 5.75. The molecule has 0 fully saturated rings. The molecule has 0 saturated heterocycles. The van der Waals surface area contributed by atoms with Gasteiger partial charge in [0.1, 0.15) is 10.3 Å². The fourth-order valence-electron chi connectivity index (χ4n) is 1.96. The lowest BCUT2D eigenvalue weighted by atomic mass is 10.3. The predicted molar refractivity (Wildman–Crippen MR) is 88.6 cm³/mol. The molecule has 0 atom stereocenters. The topological polar surface area (TPSA) is 45.2 Å². The van der Waals surface area contributed by atoms with Gasteiger partial charge in [0.15, 0.2) is 0 Å². The van der Waals surface area contributed by atoms with E-state index >= 15 is 0 Å². The van der Waals surface area contributed by atoms with Gasteiger partial charge in [-0.15, -0.1) is 0 Å². The fourth-order valence-corrected chi connectivity index (χ4v) is 2.30. The number of halogens is 1. The first-order valence-electron chi connectivity index (χ1n) is 6.84. The summed E-state index contributed by atoms with van der Waals surface area (Å²) < 4.78 is 0.666. The molecule has 1 aromatic heterocycles. The summed E-state index contributed by atoms with van der Waals surface area (Å²) in [5.41, 5.74) is 1.61. The Morgan fingerprint density at radius 2 is 1.95 bits per heavy atom. The first-order chi connectivity index (χ1) is 10.2. The maximum Gasteiger partial charge on any atom is 0.269 e. The first kappa shape index (κ1) is 15.5. The van der Waals surface area contributed by atoms with Crippen molar-refractivity contribution >= 4 is 27.5 Å². The van der Waals surface area contributed by atoms with Crippen LogP contribution in [0.25, 0.3) is 0 Å². The highest BCUT2D eigenvalue weighted by Crippen LogP contribution is 2.10. The molecule has 0 aliphatic heterocycles. The van der Waals surface area contributed by atoms with Gasteiger partial charge in [-0.2, -0.15) is 0 Å². The van der Waals surface area contributed by atoms with E-state index in [9.17, 15) is 4.79 Å². The molecular formula is C16H18BrN3O. The number of pyridine rings is 1. The number of carbonyl (C=O) groups excluding carboxylic acids is 1. The Labute approximate surface area is 133 Å². The van der Waals surface area contributed by atoms with E-state index in [1.807, 2.05) is 25.2 Å². The van der Waals surface area contributed by atoms with E-state index in [0.717, 1.165) is 13.0 Å². The van der Waals surface area contributed by atoms with E-state index in [2.05, 4.69) is 43.3 Å². The number of amides is 1. The van der Waals surface area contributed by atoms with Crippen LogP contribution in [0.2, 0.25) is 0 Å². The summed E-state index contributed by atoms with van der Waals surface area (Å²) in [6.45, 7) is 1.51. The van der Waals surface area contributed by atoms with Crippen LogP contribution in [-0.2, 0) is 0 Å². The molecule has 2 aromatic rings. The van der Waals surface area contributed by atoms with Crippen molar-refractivity contribution in [1.82, 2.24) is 10.3 Å². The standard InChI is InChI=1S/C16H18BrN3O/c1-20(13-7-3-2-4-8-13)12-6-11-18-16(21)14-9-5-10-15(17)19-14/h2-5,7-10H,6,11-12H2,1H3,(H,18,21). The van der Waals surface area contributed by atoms with E-state index in [4.69, 9.17) is 0 Å². The van der Waals surface area contributed by atoms with E-state index in [0.29, 0.717) is 16.8 Å².